The van der Waals surface area contributed by atoms with Crippen molar-refractivity contribution in [1.82, 2.24) is 15.0 Å². The van der Waals surface area contributed by atoms with Crippen LogP contribution in [0.2, 0.25) is 0 Å². The van der Waals surface area contributed by atoms with Gasteiger partial charge in [0.1, 0.15) is 6.10 Å². The normalized spacial score (nSPS) is 16.4. The summed E-state index contributed by atoms with van der Waals surface area (Å²) < 4.78 is 11.1. The SMILES string of the molecule is CC(O)C(C)Oc1nc(/C=N/Nc2ccc3ccccc3c2)nc(N2CCOCC2)n1. The lowest BCUT2D eigenvalue weighted by atomic mass is 10.1. The minimum absolute atomic E-state index is 0.150. The van der Waals surface area contributed by atoms with E-state index in [9.17, 15) is 5.11 Å². The number of aliphatic hydroxyl groups excluding tert-OH is 1. The van der Waals surface area contributed by atoms with Crippen molar-refractivity contribution in [2.75, 3.05) is 36.6 Å². The molecule has 3 aromatic rings. The van der Waals surface area contributed by atoms with Gasteiger partial charge in [0.25, 0.3) is 0 Å². The van der Waals surface area contributed by atoms with Crippen LogP contribution in [0.5, 0.6) is 6.01 Å². The molecule has 31 heavy (non-hydrogen) atoms. The number of aromatic nitrogens is 3. The van der Waals surface area contributed by atoms with Crippen LogP contribution < -0.4 is 15.1 Å². The molecule has 162 valence electrons. The number of morpholine rings is 1. The maximum atomic E-state index is 9.75. The molecule has 9 nitrogen and oxygen atoms in total. The van der Waals surface area contributed by atoms with Gasteiger partial charge in [-0.1, -0.05) is 30.3 Å². The van der Waals surface area contributed by atoms with Gasteiger partial charge in [-0.05, 0) is 36.8 Å². The van der Waals surface area contributed by atoms with Crippen molar-refractivity contribution in [3.05, 3.63) is 48.3 Å². The first kappa shape index (κ1) is 21.0. The molecule has 2 heterocycles. The molecule has 9 heteroatoms. The third kappa shape index (κ3) is 5.44. The van der Waals surface area contributed by atoms with E-state index in [0.717, 1.165) is 11.1 Å². The highest BCUT2D eigenvalue weighted by molar-refractivity contribution is 5.86. The van der Waals surface area contributed by atoms with Crippen molar-refractivity contribution < 1.29 is 14.6 Å². The lowest BCUT2D eigenvalue weighted by Gasteiger charge is -2.27. The van der Waals surface area contributed by atoms with Crippen LogP contribution in [0.15, 0.2) is 47.6 Å². The maximum absolute atomic E-state index is 9.75. The Bertz CT molecular complexity index is 1050. The zero-order valence-electron chi connectivity index (χ0n) is 17.6. The van der Waals surface area contributed by atoms with Gasteiger partial charge in [-0.15, -0.1) is 0 Å². The van der Waals surface area contributed by atoms with E-state index in [0.29, 0.717) is 38.1 Å². The van der Waals surface area contributed by atoms with Crippen LogP contribution in [-0.4, -0.2) is 64.8 Å². The van der Waals surface area contributed by atoms with Crippen molar-refractivity contribution >= 4 is 28.6 Å². The molecule has 0 amide bonds. The molecule has 0 saturated carbocycles. The summed E-state index contributed by atoms with van der Waals surface area (Å²) in [5.74, 6) is 0.857. The summed E-state index contributed by atoms with van der Waals surface area (Å²) in [6.07, 6.45) is 0.413. The Hall–Kier alpha value is -3.30. The maximum Gasteiger partial charge on any atom is 0.322 e. The van der Waals surface area contributed by atoms with Gasteiger partial charge in [0.2, 0.25) is 5.95 Å². The number of hydrogen-bond acceptors (Lipinski definition) is 9. The number of anilines is 2. The predicted molar refractivity (Wildman–Crippen MR) is 120 cm³/mol. The molecule has 0 aliphatic carbocycles. The quantitative estimate of drug-likeness (QED) is 0.442. The summed E-state index contributed by atoms with van der Waals surface area (Å²) in [5.41, 5.74) is 3.88. The van der Waals surface area contributed by atoms with Crippen LogP contribution in [0.3, 0.4) is 0 Å². The van der Waals surface area contributed by atoms with Gasteiger partial charge in [-0.3, -0.25) is 5.43 Å². The third-order valence-corrected chi connectivity index (χ3v) is 5.01. The van der Waals surface area contributed by atoms with E-state index < -0.39 is 12.2 Å². The van der Waals surface area contributed by atoms with Crippen LogP contribution in [0.25, 0.3) is 10.8 Å². The number of nitrogens with zero attached hydrogens (tertiary/aromatic N) is 5. The van der Waals surface area contributed by atoms with Crippen LogP contribution in [-0.2, 0) is 4.74 Å². The molecule has 2 aromatic carbocycles. The Balaban J connectivity index is 1.54. The Morgan fingerprint density at radius 3 is 2.65 bits per heavy atom. The fourth-order valence-electron chi connectivity index (χ4n) is 3.06. The number of nitrogens with one attached hydrogen (secondary N) is 1. The first-order valence-corrected chi connectivity index (χ1v) is 10.3. The van der Waals surface area contributed by atoms with Crippen molar-refractivity contribution in [3.63, 3.8) is 0 Å². The Morgan fingerprint density at radius 2 is 1.87 bits per heavy atom. The molecule has 2 N–H and O–H groups in total. The molecular weight excluding hydrogens is 396 g/mol. The lowest BCUT2D eigenvalue weighted by Crippen LogP contribution is -2.37. The van der Waals surface area contributed by atoms with E-state index in [1.165, 1.54) is 11.6 Å². The summed E-state index contributed by atoms with van der Waals surface area (Å²) in [4.78, 5) is 15.3. The van der Waals surface area contributed by atoms with Gasteiger partial charge >= 0.3 is 6.01 Å². The Labute approximate surface area is 180 Å². The molecule has 1 aliphatic rings. The minimum Gasteiger partial charge on any atom is -0.458 e. The topological polar surface area (TPSA) is 105 Å². The van der Waals surface area contributed by atoms with E-state index in [1.807, 2.05) is 35.2 Å². The second kappa shape index (κ2) is 9.67. The van der Waals surface area contributed by atoms with Crippen molar-refractivity contribution in [3.8, 4) is 6.01 Å². The van der Waals surface area contributed by atoms with E-state index in [2.05, 4.69) is 37.6 Å². The molecule has 2 unspecified atom stereocenters. The largest absolute Gasteiger partial charge is 0.458 e. The number of aliphatic hydroxyl groups is 1. The fourth-order valence-corrected chi connectivity index (χ4v) is 3.06. The first-order valence-electron chi connectivity index (χ1n) is 10.3. The Kier molecular flexibility index (Phi) is 6.54. The van der Waals surface area contributed by atoms with Gasteiger partial charge in [-0.25, -0.2) is 0 Å². The number of benzene rings is 2. The van der Waals surface area contributed by atoms with E-state index in [-0.39, 0.29) is 6.01 Å². The van der Waals surface area contributed by atoms with E-state index in [4.69, 9.17) is 9.47 Å². The third-order valence-electron chi connectivity index (χ3n) is 5.01. The molecule has 0 spiro atoms. The second-order valence-corrected chi connectivity index (χ2v) is 7.37. The standard InChI is InChI=1S/C22H26N6O3/c1-15(29)16(2)31-22-25-20(24-21(26-22)28-9-11-30-12-10-28)14-23-27-19-8-7-17-5-3-4-6-18(17)13-19/h3-8,13-16,27,29H,9-12H2,1-2H3/b23-14+. The van der Waals surface area contributed by atoms with E-state index >= 15 is 0 Å². The molecule has 1 aromatic heterocycles. The summed E-state index contributed by atoms with van der Waals surface area (Å²) in [5, 5.41) is 16.3. The van der Waals surface area contributed by atoms with Gasteiger partial charge in [0.15, 0.2) is 5.82 Å². The zero-order valence-corrected chi connectivity index (χ0v) is 17.6. The fraction of sp³-hybridized carbons (Fsp3) is 0.364. The summed E-state index contributed by atoms with van der Waals surface area (Å²) >= 11 is 0. The van der Waals surface area contributed by atoms with Gasteiger partial charge in [0, 0.05) is 13.1 Å². The van der Waals surface area contributed by atoms with Gasteiger partial charge < -0.3 is 19.5 Å². The van der Waals surface area contributed by atoms with Gasteiger partial charge in [0.05, 0.1) is 31.2 Å². The summed E-state index contributed by atoms with van der Waals surface area (Å²) in [6, 6.07) is 14.3. The molecule has 1 fully saturated rings. The summed E-state index contributed by atoms with van der Waals surface area (Å²) in [6.45, 7) is 6.00. The molecule has 1 aliphatic heterocycles. The molecule has 0 radical (unpaired) electrons. The lowest BCUT2D eigenvalue weighted by molar-refractivity contribution is 0.0539. The molecule has 0 bridgehead atoms. The van der Waals surface area contributed by atoms with Crippen LogP contribution in [0, 0.1) is 0 Å². The van der Waals surface area contributed by atoms with Gasteiger partial charge in [-0.2, -0.15) is 20.1 Å². The monoisotopic (exact) mass is 422 g/mol. The van der Waals surface area contributed by atoms with Crippen molar-refractivity contribution in [2.24, 2.45) is 5.10 Å². The molecule has 2 atom stereocenters. The predicted octanol–water partition coefficient (Wildman–Crippen LogP) is 2.46. The minimum atomic E-state index is -0.657. The molecule has 4 rings (SSSR count). The van der Waals surface area contributed by atoms with Crippen LogP contribution in [0.1, 0.15) is 19.7 Å². The number of hydrogen-bond donors (Lipinski definition) is 2. The van der Waals surface area contributed by atoms with Crippen molar-refractivity contribution in [2.45, 2.75) is 26.1 Å². The first-order chi connectivity index (χ1) is 15.1. The zero-order chi connectivity index (χ0) is 21.6. The highest BCUT2D eigenvalue weighted by atomic mass is 16.5. The number of ether oxygens (including phenoxy) is 2. The number of fused-ring (bicyclic) bond motifs is 1. The highest BCUT2D eigenvalue weighted by Crippen LogP contribution is 2.19. The smallest absolute Gasteiger partial charge is 0.322 e. The average Bonchev–Trinajstić information content (AvgIpc) is 2.79. The number of rotatable bonds is 7. The molecule has 1 saturated heterocycles. The van der Waals surface area contributed by atoms with Crippen LogP contribution >= 0.6 is 0 Å². The second-order valence-electron chi connectivity index (χ2n) is 7.37. The summed E-state index contributed by atoms with van der Waals surface area (Å²) in [7, 11) is 0. The molecular formula is C22H26N6O3. The number of hydrazone groups is 1. The van der Waals surface area contributed by atoms with Crippen LogP contribution in [0.4, 0.5) is 11.6 Å². The average molecular weight is 422 g/mol. The van der Waals surface area contributed by atoms with Crippen molar-refractivity contribution in [1.29, 1.82) is 0 Å². The highest BCUT2D eigenvalue weighted by Gasteiger charge is 2.19. The Morgan fingerprint density at radius 1 is 1.10 bits per heavy atom. The van der Waals surface area contributed by atoms with E-state index in [1.54, 1.807) is 13.8 Å².